The lowest BCUT2D eigenvalue weighted by atomic mass is 10.1. The van der Waals surface area contributed by atoms with Gasteiger partial charge in [0.05, 0.1) is 12.1 Å². The SMILES string of the molecule is C=CCCCCNC(=O)c1ccc2c(C(C)=O)nn(CC(C)=O)c2c1. The van der Waals surface area contributed by atoms with Crippen molar-refractivity contribution in [1.82, 2.24) is 15.1 Å². The third kappa shape index (κ3) is 4.62. The van der Waals surface area contributed by atoms with Crippen LogP contribution in [0.4, 0.5) is 0 Å². The van der Waals surface area contributed by atoms with E-state index in [1.807, 2.05) is 6.08 Å². The second-order valence-corrected chi connectivity index (χ2v) is 6.04. The maximum Gasteiger partial charge on any atom is 0.251 e. The van der Waals surface area contributed by atoms with Crippen molar-refractivity contribution >= 4 is 28.4 Å². The molecule has 25 heavy (non-hydrogen) atoms. The molecule has 0 atom stereocenters. The van der Waals surface area contributed by atoms with Crippen molar-refractivity contribution in [1.29, 1.82) is 0 Å². The molecule has 2 aromatic rings. The van der Waals surface area contributed by atoms with Crippen molar-refractivity contribution in [2.24, 2.45) is 0 Å². The third-order valence-electron chi connectivity index (χ3n) is 3.84. The van der Waals surface area contributed by atoms with Crippen LogP contribution in [-0.4, -0.2) is 33.8 Å². The van der Waals surface area contributed by atoms with Crippen LogP contribution in [0.25, 0.3) is 10.9 Å². The normalized spacial score (nSPS) is 10.6. The Labute approximate surface area is 146 Å². The average Bonchev–Trinajstić information content (AvgIpc) is 2.92. The van der Waals surface area contributed by atoms with Crippen LogP contribution in [0, 0.1) is 0 Å². The number of fused-ring (bicyclic) bond motifs is 1. The van der Waals surface area contributed by atoms with Gasteiger partial charge in [0.1, 0.15) is 5.69 Å². The number of nitrogens with one attached hydrogen (secondary N) is 1. The van der Waals surface area contributed by atoms with Gasteiger partial charge in [-0.25, -0.2) is 0 Å². The Bertz CT molecular complexity index is 821. The predicted molar refractivity (Wildman–Crippen MR) is 96.8 cm³/mol. The molecule has 0 bridgehead atoms. The molecule has 0 aliphatic carbocycles. The topological polar surface area (TPSA) is 81.1 Å². The molecule has 1 amide bonds. The minimum absolute atomic E-state index is 0.0659. The summed E-state index contributed by atoms with van der Waals surface area (Å²) in [6, 6.07) is 5.06. The molecule has 1 heterocycles. The van der Waals surface area contributed by atoms with Crippen LogP contribution in [0.1, 0.15) is 54.0 Å². The van der Waals surface area contributed by atoms with E-state index in [0.29, 0.717) is 28.7 Å². The molecule has 1 N–H and O–H groups in total. The summed E-state index contributed by atoms with van der Waals surface area (Å²) in [5.74, 6) is -0.427. The second-order valence-electron chi connectivity index (χ2n) is 6.04. The molecule has 2 rings (SSSR count). The van der Waals surface area contributed by atoms with Crippen LogP contribution in [0.3, 0.4) is 0 Å². The van der Waals surface area contributed by atoms with Crippen LogP contribution in [0.2, 0.25) is 0 Å². The van der Waals surface area contributed by atoms with Crippen molar-refractivity contribution in [3.05, 3.63) is 42.1 Å². The van der Waals surface area contributed by atoms with Gasteiger partial charge in [-0.3, -0.25) is 19.1 Å². The van der Waals surface area contributed by atoms with E-state index in [0.717, 1.165) is 19.3 Å². The fourth-order valence-electron chi connectivity index (χ4n) is 2.62. The number of ketones is 2. The molecule has 0 unspecified atom stereocenters. The van der Waals surface area contributed by atoms with Gasteiger partial charge in [0.2, 0.25) is 0 Å². The number of nitrogens with zero attached hydrogens (tertiary/aromatic N) is 2. The summed E-state index contributed by atoms with van der Waals surface area (Å²) in [5, 5.41) is 7.76. The zero-order valence-corrected chi connectivity index (χ0v) is 14.7. The molecular formula is C19H23N3O3. The van der Waals surface area contributed by atoms with Crippen LogP contribution < -0.4 is 5.32 Å². The minimum Gasteiger partial charge on any atom is -0.352 e. The molecule has 0 fully saturated rings. The summed E-state index contributed by atoms with van der Waals surface area (Å²) >= 11 is 0. The van der Waals surface area contributed by atoms with Crippen molar-refractivity contribution in [3.63, 3.8) is 0 Å². The summed E-state index contributed by atoms with van der Waals surface area (Å²) in [6.07, 6.45) is 4.66. The van der Waals surface area contributed by atoms with Gasteiger partial charge in [0.25, 0.3) is 5.91 Å². The summed E-state index contributed by atoms with van der Waals surface area (Å²) in [7, 11) is 0. The molecule has 0 spiro atoms. The largest absolute Gasteiger partial charge is 0.352 e. The highest BCUT2D eigenvalue weighted by molar-refractivity contribution is 6.07. The smallest absolute Gasteiger partial charge is 0.251 e. The fourth-order valence-corrected chi connectivity index (χ4v) is 2.62. The first-order valence-electron chi connectivity index (χ1n) is 8.34. The van der Waals surface area contributed by atoms with Gasteiger partial charge in [-0.2, -0.15) is 5.10 Å². The highest BCUT2D eigenvalue weighted by atomic mass is 16.1. The lowest BCUT2D eigenvalue weighted by molar-refractivity contribution is -0.117. The second kappa shape index (κ2) is 8.37. The summed E-state index contributed by atoms with van der Waals surface area (Å²) in [6.45, 7) is 7.22. The van der Waals surface area contributed by atoms with Crippen LogP contribution in [0.15, 0.2) is 30.9 Å². The molecule has 0 saturated heterocycles. The van der Waals surface area contributed by atoms with Gasteiger partial charge in [0.15, 0.2) is 11.6 Å². The van der Waals surface area contributed by atoms with E-state index in [-0.39, 0.29) is 24.0 Å². The average molecular weight is 341 g/mol. The minimum atomic E-state index is -0.180. The van der Waals surface area contributed by atoms with E-state index in [4.69, 9.17) is 0 Å². The van der Waals surface area contributed by atoms with Crippen LogP contribution >= 0.6 is 0 Å². The molecule has 6 nitrogen and oxygen atoms in total. The van der Waals surface area contributed by atoms with Crippen molar-refractivity contribution in [3.8, 4) is 0 Å². The molecule has 1 aromatic carbocycles. The maximum absolute atomic E-state index is 12.3. The zero-order valence-electron chi connectivity index (χ0n) is 14.7. The number of carbonyl (C=O) groups is 3. The van der Waals surface area contributed by atoms with Gasteiger partial charge >= 0.3 is 0 Å². The van der Waals surface area contributed by atoms with Gasteiger partial charge in [-0.15, -0.1) is 6.58 Å². The van der Waals surface area contributed by atoms with E-state index in [1.54, 1.807) is 18.2 Å². The number of hydrogen-bond acceptors (Lipinski definition) is 4. The van der Waals surface area contributed by atoms with E-state index in [2.05, 4.69) is 17.0 Å². The molecular weight excluding hydrogens is 318 g/mol. The van der Waals surface area contributed by atoms with E-state index >= 15 is 0 Å². The number of allylic oxidation sites excluding steroid dienone is 1. The Balaban J connectivity index is 2.24. The van der Waals surface area contributed by atoms with E-state index in [9.17, 15) is 14.4 Å². The Kier molecular flexibility index (Phi) is 6.22. The number of rotatable bonds is 9. The predicted octanol–water partition coefficient (Wildman–Crippen LogP) is 2.91. The molecule has 1 aromatic heterocycles. The highest BCUT2D eigenvalue weighted by Gasteiger charge is 2.17. The molecule has 6 heteroatoms. The quantitative estimate of drug-likeness (QED) is 0.432. The number of benzene rings is 1. The first kappa shape index (κ1) is 18.6. The molecule has 132 valence electrons. The van der Waals surface area contributed by atoms with E-state index in [1.165, 1.54) is 18.5 Å². The van der Waals surface area contributed by atoms with Crippen molar-refractivity contribution in [2.45, 2.75) is 39.7 Å². The first-order valence-corrected chi connectivity index (χ1v) is 8.34. The molecule has 0 aliphatic rings. The lowest BCUT2D eigenvalue weighted by Gasteiger charge is -2.06. The Morgan fingerprint density at radius 3 is 2.64 bits per heavy atom. The Hall–Kier alpha value is -2.76. The third-order valence-corrected chi connectivity index (χ3v) is 3.84. The van der Waals surface area contributed by atoms with Gasteiger partial charge in [0, 0.05) is 24.4 Å². The Morgan fingerprint density at radius 2 is 2.00 bits per heavy atom. The standard InChI is InChI=1S/C19H23N3O3/c1-4-5-6-7-10-20-19(25)15-8-9-16-17(11-15)22(12-13(2)23)21-18(16)14(3)24/h4,8-9,11H,1,5-7,10,12H2,2-3H3,(H,20,25). The number of Topliss-reactive ketones (excluding diaryl/α,β-unsaturated/α-hetero) is 2. The Morgan fingerprint density at radius 1 is 1.24 bits per heavy atom. The summed E-state index contributed by atoms with van der Waals surface area (Å²) in [5.41, 5.74) is 1.41. The lowest BCUT2D eigenvalue weighted by Crippen LogP contribution is -2.24. The van der Waals surface area contributed by atoms with Crippen LogP contribution in [0.5, 0.6) is 0 Å². The number of aromatic nitrogens is 2. The maximum atomic E-state index is 12.3. The molecule has 0 saturated carbocycles. The van der Waals surface area contributed by atoms with Crippen molar-refractivity contribution < 1.29 is 14.4 Å². The highest BCUT2D eigenvalue weighted by Crippen LogP contribution is 2.21. The molecule has 0 aliphatic heterocycles. The summed E-state index contributed by atoms with van der Waals surface area (Å²) < 4.78 is 1.48. The number of carbonyl (C=O) groups excluding carboxylic acids is 3. The fraction of sp³-hybridized carbons (Fsp3) is 0.368. The summed E-state index contributed by atoms with van der Waals surface area (Å²) in [4.78, 5) is 35.5. The van der Waals surface area contributed by atoms with Crippen molar-refractivity contribution in [2.75, 3.05) is 6.54 Å². The van der Waals surface area contributed by atoms with Gasteiger partial charge < -0.3 is 5.32 Å². The number of unbranched alkanes of at least 4 members (excludes halogenated alkanes) is 2. The monoisotopic (exact) mass is 341 g/mol. The van der Waals surface area contributed by atoms with Crippen LogP contribution in [-0.2, 0) is 11.3 Å². The zero-order chi connectivity index (χ0) is 18.4. The number of amides is 1. The molecule has 0 radical (unpaired) electrons. The van der Waals surface area contributed by atoms with E-state index < -0.39 is 0 Å². The first-order chi connectivity index (χ1) is 11.9. The number of hydrogen-bond donors (Lipinski definition) is 1. The van der Waals surface area contributed by atoms with Gasteiger partial charge in [-0.05, 0) is 44.4 Å². The van der Waals surface area contributed by atoms with Gasteiger partial charge in [-0.1, -0.05) is 6.08 Å².